The third-order valence-corrected chi connectivity index (χ3v) is 3.03. The summed E-state index contributed by atoms with van der Waals surface area (Å²) in [4.78, 5) is 6.67. The first-order valence-electron chi connectivity index (χ1n) is 7.07. The Bertz CT molecular complexity index is 368. The van der Waals surface area contributed by atoms with Crippen LogP contribution >= 0.6 is 0 Å². The summed E-state index contributed by atoms with van der Waals surface area (Å²) in [6.07, 6.45) is 2.12. The molecular formula is C15H27N3O. The predicted molar refractivity (Wildman–Crippen MR) is 80.7 cm³/mol. The molecule has 0 fully saturated rings. The lowest BCUT2D eigenvalue weighted by atomic mass is 10.1. The van der Waals surface area contributed by atoms with Crippen LogP contribution < -0.4 is 10.2 Å². The van der Waals surface area contributed by atoms with Crippen molar-refractivity contribution < 1.29 is 4.74 Å². The van der Waals surface area contributed by atoms with Crippen LogP contribution in [0.2, 0.25) is 0 Å². The quantitative estimate of drug-likeness (QED) is 0.784. The summed E-state index contributed by atoms with van der Waals surface area (Å²) in [5, 5.41) is 3.43. The molecule has 1 rings (SSSR count). The van der Waals surface area contributed by atoms with Crippen molar-refractivity contribution in [3.05, 3.63) is 23.9 Å². The van der Waals surface area contributed by atoms with Gasteiger partial charge >= 0.3 is 0 Å². The third kappa shape index (κ3) is 5.17. The highest BCUT2D eigenvalue weighted by atomic mass is 16.5. The molecule has 1 atom stereocenters. The molecule has 1 N–H and O–H groups in total. The lowest BCUT2D eigenvalue weighted by Gasteiger charge is -2.24. The molecule has 0 aliphatic rings. The molecule has 4 heteroatoms. The van der Waals surface area contributed by atoms with E-state index in [4.69, 9.17) is 4.74 Å². The number of ether oxygens (including phenoxy) is 1. The molecule has 0 aliphatic carbocycles. The molecule has 0 saturated heterocycles. The highest BCUT2D eigenvalue weighted by Crippen LogP contribution is 2.22. The molecule has 0 radical (unpaired) electrons. The second-order valence-corrected chi connectivity index (χ2v) is 5.04. The Balaban J connectivity index is 2.70. The summed E-state index contributed by atoms with van der Waals surface area (Å²) in [6, 6.07) is 4.43. The van der Waals surface area contributed by atoms with Crippen molar-refractivity contribution in [1.82, 2.24) is 10.3 Å². The molecule has 0 aromatic carbocycles. The molecule has 1 heterocycles. The third-order valence-electron chi connectivity index (χ3n) is 3.03. The van der Waals surface area contributed by atoms with E-state index in [1.165, 1.54) is 5.56 Å². The Labute approximate surface area is 117 Å². The number of hydrogen-bond donors (Lipinski definition) is 1. The van der Waals surface area contributed by atoms with Crippen LogP contribution in [0.1, 0.15) is 39.3 Å². The van der Waals surface area contributed by atoms with Crippen molar-refractivity contribution in [3.63, 3.8) is 0 Å². The summed E-state index contributed by atoms with van der Waals surface area (Å²) in [5.74, 6) is 1.03. The molecule has 0 amide bonds. The fourth-order valence-electron chi connectivity index (χ4n) is 2.01. The minimum absolute atomic E-state index is 0.275. The number of pyridine rings is 1. The smallest absolute Gasteiger partial charge is 0.133 e. The van der Waals surface area contributed by atoms with E-state index in [9.17, 15) is 0 Å². The molecule has 19 heavy (non-hydrogen) atoms. The van der Waals surface area contributed by atoms with Gasteiger partial charge in [-0.25, -0.2) is 4.98 Å². The molecule has 0 aliphatic heterocycles. The van der Waals surface area contributed by atoms with E-state index in [1.807, 2.05) is 12.3 Å². The van der Waals surface area contributed by atoms with Crippen molar-refractivity contribution in [1.29, 1.82) is 0 Å². The minimum atomic E-state index is 0.275. The Morgan fingerprint density at radius 3 is 2.74 bits per heavy atom. The van der Waals surface area contributed by atoms with E-state index >= 15 is 0 Å². The zero-order valence-corrected chi connectivity index (χ0v) is 12.8. The Morgan fingerprint density at radius 2 is 2.11 bits per heavy atom. The number of nitrogens with zero attached hydrogens (tertiary/aromatic N) is 2. The van der Waals surface area contributed by atoms with E-state index in [1.54, 1.807) is 0 Å². The van der Waals surface area contributed by atoms with Crippen LogP contribution in [0.4, 0.5) is 5.82 Å². The fourth-order valence-corrected chi connectivity index (χ4v) is 2.01. The van der Waals surface area contributed by atoms with Crippen molar-refractivity contribution in [2.75, 3.05) is 31.6 Å². The first kappa shape index (κ1) is 15.9. The maximum atomic E-state index is 5.60. The lowest BCUT2D eigenvalue weighted by molar-refractivity contribution is 0.0845. The van der Waals surface area contributed by atoms with Gasteiger partial charge in [-0.05, 0) is 33.4 Å². The maximum absolute atomic E-state index is 5.60. The van der Waals surface area contributed by atoms with Crippen molar-refractivity contribution in [2.24, 2.45) is 0 Å². The van der Waals surface area contributed by atoms with Gasteiger partial charge < -0.3 is 15.0 Å². The number of aromatic nitrogens is 1. The summed E-state index contributed by atoms with van der Waals surface area (Å²) >= 11 is 0. The van der Waals surface area contributed by atoms with E-state index in [2.05, 4.69) is 56.0 Å². The van der Waals surface area contributed by atoms with Crippen LogP contribution in [0.3, 0.4) is 0 Å². The molecule has 0 spiro atoms. The summed E-state index contributed by atoms with van der Waals surface area (Å²) < 4.78 is 5.60. The molecule has 108 valence electrons. The molecule has 4 nitrogen and oxygen atoms in total. The number of anilines is 1. The van der Waals surface area contributed by atoms with Crippen LogP contribution in [0.25, 0.3) is 0 Å². The Kier molecular flexibility index (Phi) is 6.81. The second kappa shape index (κ2) is 8.12. The molecule has 1 unspecified atom stereocenters. The highest BCUT2D eigenvalue weighted by Gasteiger charge is 2.13. The average molecular weight is 265 g/mol. The largest absolute Gasteiger partial charge is 0.377 e. The van der Waals surface area contributed by atoms with Crippen molar-refractivity contribution in [3.8, 4) is 0 Å². The molecule has 1 aromatic rings. The van der Waals surface area contributed by atoms with Gasteiger partial charge in [-0.15, -0.1) is 0 Å². The van der Waals surface area contributed by atoms with Crippen LogP contribution in [0.5, 0.6) is 0 Å². The zero-order valence-electron chi connectivity index (χ0n) is 12.8. The average Bonchev–Trinajstić information content (AvgIpc) is 2.38. The van der Waals surface area contributed by atoms with E-state index in [-0.39, 0.29) is 6.10 Å². The van der Waals surface area contributed by atoms with E-state index < -0.39 is 0 Å². The number of likely N-dealkylation sites (N-methyl/N-ethyl adjacent to an activating group) is 1. The monoisotopic (exact) mass is 265 g/mol. The van der Waals surface area contributed by atoms with Crippen LogP contribution in [-0.4, -0.2) is 37.8 Å². The summed E-state index contributed by atoms with van der Waals surface area (Å²) in [7, 11) is 2.06. The van der Waals surface area contributed by atoms with Crippen molar-refractivity contribution >= 4 is 5.82 Å². The minimum Gasteiger partial charge on any atom is -0.377 e. The standard InChI is InChI=1S/C15H27N3O/c1-6-16-13(4)14-8-7-9-17-15(14)18(5)10-11-19-12(2)3/h7-9,12-13,16H,6,10-11H2,1-5H3. The van der Waals surface area contributed by atoms with E-state index in [0.29, 0.717) is 6.04 Å². The number of nitrogens with one attached hydrogen (secondary N) is 1. The first-order valence-corrected chi connectivity index (χ1v) is 7.07. The van der Waals surface area contributed by atoms with Crippen LogP contribution in [0, 0.1) is 0 Å². The van der Waals surface area contributed by atoms with Gasteiger partial charge in [-0.3, -0.25) is 0 Å². The zero-order chi connectivity index (χ0) is 14.3. The highest BCUT2D eigenvalue weighted by molar-refractivity contribution is 5.47. The van der Waals surface area contributed by atoms with Gasteiger partial charge in [0.05, 0.1) is 12.7 Å². The normalized spacial score (nSPS) is 12.7. The van der Waals surface area contributed by atoms with Crippen LogP contribution in [0.15, 0.2) is 18.3 Å². The Morgan fingerprint density at radius 1 is 1.37 bits per heavy atom. The first-order chi connectivity index (χ1) is 9.06. The van der Waals surface area contributed by atoms with E-state index in [0.717, 1.165) is 25.5 Å². The summed E-state index contributed by atoms with van der Waals surface area (Å²) in [6.45, 7) is 10.9. The van der Waals surface area contributed by atoms with Gasteiger partial charge in [0.25, 0.3) is 0 Å². The van der Waals surface area contributed by atoms with Gasteiger partial charge in [0.2, 0.25) is 0 Å². The summed E-state index contributed by atoms with van der Waals surface area (Å²) in [5.41, 5.74) is 1.23. The fraction of sp³-hybridized carbons (Fsp3) is 0.667. The van der Waals surface area contributed by atoms with Crippen LogP contribution in [-0.2, 0) is 4.74 Å². The maximum Gasteiger partial charge on any atom is 0.133 e. The van der Waals surface area contributed by atoms with Gasteiger partial charge in [-0.2, -0.15) is 0 Å². The van der Waals surface area contributed by atoms with Gasteiger partial charge in [0, 0.05) is 31.4 Å². The second-order valence-electron chi connectivity index (χ2n) is 5.04. The topological polar surface area (TPSA) is 37.4 Å². The molecule has 1 aromatic heterocycles. The Hall–Kier alpha value is -1.13. The molecular weight excluding hydrogens is 238 g/mol. The van der Waals surface area contributed by atoms with Gasteiger partial charge in [-0.1, -0.05) is 13.0 Å². The van der Waals surface area contributed by atoms with Crippen molar-refractivity contribution in [2.45, 2.75) is 39.8 Å². The predicted octanol–water partition coefficient (Wildman–Crippen LogP) is 2.61. The number of rotatable bonds is 8. The van der Waals surface area contributed by atoms with Gasteiger partial charge in [0.15, 0.2) is 0 Å². The van der Waals surface area contributed by atoms with Gasteiger partial charge in [0.1, 0.15) is 5.82 Å². The number of hydrogen-bond acceptors (Lipinski definition) is 4. The molecule has 0 bridgehead atoms. The SMILES string of the molecule is CCNC(C)c1cccnc1N(C)CCOC(C)C. The molecule has 0 saturated carbocycles. The lowest BCUT2D eigenvalue weighted by Crippen LogP contribution is -2.28.